The van der Waals surface area contributed by atoms with Crippen molar-refractivity contribution in [3.8, 4) is 5.75 Å². The number of hydrogen-bond donors (Lipinski definition) is 2. The zero-order valence-corrected chi connectivity index (χ0v) is 11.7. The summed E-state index contributed by atoms with van der Waals surface area (Å²) >= 11 is 0. The Morgan fingerprint density at radius 2 is 2.10 bits per heavy atom. The predicted molar refractivity (Wildman–Crippen MR) is 79.8 cm³/mol. The Morgan fingerprint density at radius 1 is 1.29 bits per heavy atom. The van der Waals surface area contributed by atoms with E-state index in [1.165, 1.54) is 18.2 Å². The number of amides is 1. The number of carbonyl (C=O) groups excluding carboxylic acids is 1. The van der Waals surface area contributed by atoms with E-state index in [2.05, 4.69) is 5.32 Å². The maximum absolute atomic E-state index is 13.1. The van der Waals surface area contributed by atoms with Gasteiger partial charge in [-0.15, -0.1) is 0 Å². The number of carbonyl (C=O) groups is 1. The summed E-state index contributed by atoms with van der Waals surface area (Å²) in [5.74, 6) is 0.0766. The SMILES string of the molecule is Cc1cc(C(=O)NCCOc2cccc(N)c2)ccc1F. The Kier molecular flexibility index (Phi) is 4.77. The normalized spacial score (nSPS) is 10.2. The van der Waals surface area contributed by atoms with Crippen LogP contribution in [0.4, 0.5) is 10.1 Å². The van der Waals surface area contributed by atoms with E-state index >= 15 is 0 Å². The number of benzene rings is 2. The first-order valence-electron chi connectivity index (χ1n) is 6.59. The second kappa shape index (κ2) is 6.74. The largest absolute Gasteiger partial charge is 0.492 e. The van der Waals surface area contributed by atoms with Crippen LogP contribution in [0.15, 0.2) is 42.5 Å². The Hall–Kier alpha value is -2.56. The summed E-state index contributed by atoms with van der Waals surface area (Å²) in [5, 5.41) is 2.71. The predicted octanol–water partition coefficient (Wildman–Crippen LogP) is 2.53. The first-order chi connectivity index (χ1) is 10.1. The van der Waals surface area contributed by atoms with Crippen LogP contribution in [0.1, 0.15) is 15.9 Å². The van der Waals surface area contributed by atoms with Crippen LogP contribution in [0.25, 0.3) is 0 Å². The van der Waals surface area contributed by atoms with Crippen LogP contribution < -0.4 is 15.8 Å². The van der Waals surface area contributed by atoms with Crippen molar-refractivity contribution in [2.45, 2.75) is 6.92 Å². The monoisotopic (exact) mass is 288 g/mol. The van der Waals surface area contributed by atoms with E-state index in [1.54, 1.807) is 31.2 Å². The topological polar surface area (TPSA) is 64.3 Å². The van der Waals surface area contributed by atoms with Crippen molar-refractivity contribution >= 4 is 11.6 Å². The van der Waals surface area contributed by atoms with Crippen molar-refractivity contribution < 1.29 is 13.9 Å². The van der Waals surface area contributed by atoms with Gasteiger partial charge in [0, 0.05) is 17.3 Å². The van der Waals surface area contributed by atoms with Gasteiger partial charge in [0.15, 0.2) is 0 Å². The van der Waals surface area contributed by atoms with Gasteiger partial charge in [-0.2, -0.15) is 0 Å². The molecule has 0 aliphatic rings. The molecule has 0 saturated carbocycles. The quantitative estimate of drug-likeness (QED) is 0.656. The third-order valence-electron chi connectivity index (χ3n) is 2.93. The lowest BCUT2D eigenvalue weighted by Gasteiger charge is -2.08. The summed E-state index contributed by atoms with van der Waals surface area (Å²) < 4.78 is 18.6. The van der Waals surface area contributed by atoms with Crippen molar-refractivity contribution in [3.63, 3.8) is 0 Å². The molecule has 5 heteroatoms. The van der Waals surface area contributed by atoms with Crippen LogP contribution in [-0.4, -0.2) is 19.1 Å². The van der Waals surface area contributed by atoms with Crippen LogP contribution >= 0.6 is 0 Å². The van der Waals surface area contributed by atoms with Crippen molar-refractivity contribution in [1.82, 2.24) is 5.32 Å². The third kappa shape index (κ3) is 4.21. The zero-order chi connectivity index (χ0) is 15.2. The van der Waals surface area contributed by atoms with Gasteiger partial charge in [-0.1, -0.05) is 6.07 Å². The summed E-state index contributed by atoms with van der Waals surface area (Å²) in [6.45, 7) is 2.30. The van der Waals surface area contributed by atoms with Gasteiger partial charge in [-0.05, 0) is 42.8 Å². The minimum Gasteiger partial charge on any atom is -0.492 e. The molecule has 0 bridgehead atoms. The number of nitrogens with two attached hydrogens (primary N) is 1. The molecule has 0 aliphatic heterocycles. The molecule has 2 rings (SSSR count). The van der Waals surface area contributed by atoms with E-state index in [9.17, 15) is 9.18 Å². The first-order valence-corrected chi connectivity index (χ1v) is 6.59. The minimum absolute atomic E-state index is 0.255. The maximum Gasteiger partial charge on any atom is 0.251 e. The summed E-state index contributed by atoms with van der Waals surface area (Å²) in [4.78, 5) is 11.9. The van der Waals surface area contributed by atoms with E-state index < -0.39 is 0 Å². The summed E-state index contributed by atoms with van der Waals surface area (Å²) in [6, 6.07) is 11.3. The molecule has 0 radical (unpaired) electrons. The molecule has 0 fully saturated rings. The lowest BCUT2D eigenvalue weighted by atomic mass is 10.1. The molecule has 0 unspecified atom stereocenters. The molecule has 0 aliphatic carbocycles. The molecule has 3 N–H and O–H groups in total. The number of ether oxygens (including phenoxy) is 1. The van der Waals surface area contributed by atoms with Crippen molar-refractivity contribution in [1.29, 1.82) is 0 Å². The molecule has 0 atom stereocenters. The number of anilines is 1. The number of rotatable bonds is 5. The maximum atomic E-state index is 13.1. The highest BCUT2D eigenvalue weighted by Crippen LogP contribution is 2.14. The molecular weight excluding hydrogens is 271 g/mol. The molecule has 0 aromatic heterocycles. The third-order valence-corrected chi connectivity index (χ3v) is 2.93. The average molecular weight is 288 g/mol. The number of nitrogen functional groups attached to an aromatic ring is 1. The van der Waals surface area contributed by atoms with Crippen molar-refractivity contribution in [2.24, 2.45) is 0 Å². The minimum atomic E-state index is -0.323. The lowest BCUT2D eigenvalue weighted by molar-refractivity contribution is 0.0947. The van der Waals surface area contributed by atoms with Crippen LogP contribution in [0.3, 0.4) is 0 Å². The molecular formula is C16H17FN2O2. The van der Waals surface area contributed by atoms with Crippen molar-refractivity contribution in [3.05, 3.63) is 59.4 Å². The smallest absolute Gasteiger partial charge is 0.251 e. The van der Waals surface area contributed by atoms with Gasteiger partial charge in [0.25, 0.3) is 5.91 Å². The molecule has 0 heterocycles. The molecule has 110 valence electrons. The highest BCUT2D eigenvalue weighted by molar-refractivity contribution is 5.94. The Bertz CT molecular complexity index is 644. The summed E-state index contributed by atoms with van der Waals surface area (Å²) in [7, 11) is 0. The van der Waals surface area contributed by atoms with Gasteiger partial charge in [0.1, 0.15) is 18.2 Å². The van der Waals surface area contributed by atoms with Crippen LogP contribution in [-0.2, 0) is 0 Å². The second-order valence-corrected chi connectivity index (χ2v) is 4.64. The fraction of sp³-hybridized carbons (Fsp3) is 0.188. The van der Waals surface area contributed by atoms with E-state index in [-0.39, 0.29) is 11.7 Å². The van der Waals surface area contributed by atoms with Crippen LogP contribution in [0.5, 0.6) is 5.75 Å². The molecule has 0 spiro atoms. The highest BCUT2D eigenvalue weighted by atomic mass is 19.1. The van der Waals surface area contributed by atoms with Gasteiger partial charge in [-0.3, -0.25) is 4.79 Å². The van der Waals surface area contributed by atoms with Gasteiger partial charge < -0.3 is 15.8 Å². The molecule has 0 saturated heterocycles. The molecule has 1 amide bonds. The van der Waals surface area contributed by atoms with Crippen LogP contribution in [0, 0.1) is 12.7 Å². The van der Waals surface area contributed by atoms with E-state index in [4.69, 9.17) is 10.5 Å². The molecule has 2 aromatic rings. The van der Waals surface area contributed by atoms with Gasteiger partial charge in [0.2, 0.25) is 0 Å². The molecule has 2 aromatic carbocycles. The number of hydrogen-bond acceptors (Lipinski definition) is 3. The highest BCUT2D eigenvalue weighted by Gasteiger charge is 2.07. The fourth-order valence-electron chi connectivity index (χ4n) is 1.83. The van der Waals surface area contributed by atoms with Crippen molar-refractivity contribution in [2.75, 3.05) is 18.9 Å². The summed E-state index contributed by atoms with van der Waals surface area (Å²) in [5.41, 5.74) is 7.13. The Labute approximate surface area is 122 Å². The average Bonchev–Trinajstić information content (AvgIpc) is 2.46. The van der Waals surface area contributed by atoms with Gasteiger partial charge in [0.05, 0.1) is 6.54 Å². The lowest BCUT2D eigenvalue weighted by Crippen LogP contribution is -2.28. The molecule has 4 nitrogen and oxygen atoms in total. The van der Waals surface area contributed by atoms with Gasteiger partial charge in [-0.25, -0.2) is 4.39 Å². The van der Waals surface area contributed by atoms with E-state index in [0.29, 0.717) is 35.7 Å². The number of halogens is 1. The summed E-state index contributed by atoms with van der Waals surface area (Å²) in [6.07, 6.45) is 0. The Morgan fingerprint density at radius 3 is 2.81 bits per heavy atom. The fourth-order valence-corrected chi connectivity index (χ4v) is 1.83. The Balaban J connectivity index is 1.80. The number of aryl methyl sites for hydroxylation is 1. The second-order valence-electron chi connectivity index (χ2n) is 4.64. The zero-order valence-electron chi connectivity index (χ0n) is 11.7. The molecule has 21 heavy (non-hydrogen) atoms. The van der Waals surface area contributed by atoms with Crippen LogP contribution in [0.2, 0.25) is 0 Å². The standard InChI is InChI=1S/C16H17FN2O2/c1-11-9-12(5-6-15(11)17)16(20)19-7-8-21-14-4-2-3-13(18)10-14/h2-6,9-10H,7-8,18H2,1H3,(H,19,20). The first kappa shape index (κ1) is 14.8. The number of nitrogens with one attached hydrogen (secondary N) is 1. The van der Waals surface area contributed by atoms with E-state index in [1.807, 2.05) is 0 Å². The van der Waals surface area contributed by atoms with Gasteiger partial charge >= 0.3 is 0 Å². The van der Waals surface area contributed by atoms with E-state index in [0.717, 1.165) is 0 Å².